The van der Waals surface area contributed by atoms with Crippen molar-refractivity contribution in [1.82, 2.24) is 4.98 Å². The Bertz CT molecular complexity index is 405. The highest BCUT2D eigenvalue weighted by Gasteiger charge is 2.04. The zero-order valence-electron chi connectivity index (χ0n) is 8.65. The molecule has 0 aliphatic rings. The first kappa shape index (κ1) is 9.97. The SMILES string of the molecule is [CH2]CCCc1cnc(-c2ccccc2)o1. The summed E-state index contributed by atoms with van der Waals surface area (Å²) >= 11 is 0. The Morgan fingerprint density at radius 2 is 2.00 bits per heavy atom. The molecule has 0 atom stereocenters. The molecular weight excluding hydrogens is 186 g/mol. The van der Waals surface area contributed by atoms with E-state index in [2.05, 4.69) is 11.9 Å². The van der Waals surface area contributed by atoms with Crippen LogP contribution >= 0.6 is 0 Å². The van der Waals surface area contributed by atoms with Crippen molar-refractivity contribution < 1.29 is 4.42 Å². The van der Waals surface area contributed by atoms with Crippen LogP contribution in [0.25, 0.3) is 11.5 Å². The minimum atomic E-state index is 0.703. The Kier molecular flexibility index (Phi) is 3.18. The van der Waals surface area contributed by atoms with E-state index in [9.17, 15) is 0 Å². The molecule has 2 rings (SSSR count). The number of aryl methyl sites for hydroxylation is 1. The molecule has 1 aromatic heterocycles. The van der Waals surface area contributed by atoms with Gasteiger partial charge >= 0.3 is 0 Å². The molecule has 15 heavy (non-hydrogen) atoms. The lowest BCUT2D eigenvalue weighted by molar-refractivity contribution is 0.511. The summed E-state index contributed by atoms with van der Waals surface area (Å²) in [4.78, 5) is 4.25. The molecule has 1 radical (unpaired) electrons. The Morgan fingerprint density at radius 1 is 1.20 bits per heavy atom. The summed E-state index contributed by atoms with van der Waals surface area (Å²) in [5, 5.41) is 0. The Balaban J connectivity index is 2.14. The Hall–Kier alpha value is -1.57. The largest absolute Gasteiger partial charge is 0.441 e. The number of rotatable bonds is 4. The highest BCUT2D eigenvalue weighted by Crippen LogP contribution is 2.19. The molecule has 2 heteroatoms. The summed E-state index contributed by atoms with van der Waals surface area (Å²) < 4.78 is 5.63. The lowest BCUT2D eigenvalue weighted by atomic mass is 10.2. The van der Waals surface area contributed by atoms with E-state index in [1.165, 1.54) is 0 Å². The number of oxazole rings is 1. The minimum absolute atomic E-state index is 0.703. The molecule has 2 aromatic rings. The number of hydrogen-bond acceptors (Lipinski definition) is 2. The van der Waals surface area contributed by atoms with Gasteiger partial charge in [0.05, 0.1) is 6.20 Å². The first-order chi connectivity index (χ1) is 7.40. The second-order valence-corrected chi connectivity index (χ2v) is 3.45. The van der Waals surface area contributed by atoms with Crippen molar-refractivity contribution in [2.45, 2.75) is 19.3 Å². The van der Waals surface area contributed by atoms with E-state index in [4.69, 9.17) is 4.42 Å². The predicted molar refractivity (Wildman–Crippen MR) is 60.2 cm³/mol. The molecule has 0 saturated carbocycles. The van der Waals surface area contributed by atoms with Crippen LogP contribution in [0.3, 0.4) is 0 Å². The standard InChI is InChI=1S/C13H14NO/c1-2-3-9-12-10-14-13(15-12)11-7-5-4-6-8-11/h4-8,10H,1-3,9H2. The first-order valence-corrected chi connectivity index (χ1v) is 5.19. The van der Waals surface area contributed by atoms with Gasteiger partial charge in [0.2, 0.25) is 5.89 Å². The van der Waals surface area contributed by atoms with Crippen molar-refractivity contribution in [2.24, 2.45) is 0 Å². The van der Waals surface area contributed by atoms with Crippen LogP contribution in [0, 0.1) is 6.92 Å². The van der Waals surface area contributed by atoms with E-state index in [1.54, 1.807) is 6.20 Å². The summed E-state index contributed by atoms with van der Waals surface area (Å²) in [5.41, 5.74) is 1.03. The molecule has 0 unspecified atom stereocenters. The van der Waals surface area contributed by atoms with E-state index in [-0.39, 0.29) is 0 Å². The van der Waals surface area contributed by atoms with Gasteiger partial charge in [-0.05, 0) is 18.6 Å². The van der Waals surface area contributed by atoms with Crippen molar-refractivity contribution in [2.75, 3.05) is 0 Å². The van der Waals surface area contributed by atoms with Crippen LogP contribution in [0.5, 0.6) is 0 Å². The average Bonchev–Trinajstić information content (AvgIpc) is 2.76. The average molecular weight is 200 g/mol. The molecule has 0 saturated heterocycles. The maximum Gasteiger partial charge on any atom is 0.226 e. The van der Waals surface area contributed by atoms with E-state index < -0.39 is 0 Å². The molecule has 1 aromatic carbocycles. The lowest BCUT2D eigenvalue weighted by Gasteiger charge is -1.94. The van der Waals surface area contributed by atoms with Gasteiger partial charge in [0, 0.05) is 12.0 Å². The smallest absolute Gasteiger partial charge is 0.226 e. The van der Waals surface area contributed by atoms with Crippen molar-refractivity contribution in [1.29, 1.82) is 0 Å². The highest BCUT2D eigenvalue weighted by atomic mass is 16.4. The van der Waals surface area contributed by atoms with E-state index in [0.717, 1.165) is 30.6 Å². The van der Waals surface area contributed by atoms with Gasteiger partial charge in [-0.2, -0.15) is 0 Å². The molecule has 0 fully saturated rings. The predicted octanol–water partition coefficient (Wildman–Crippen LogP) is 3.50. The van der Waals surface area contributed by atoms with Gasteiger partial charge in [-0.25, -0.2) is 4.98 Å². The van der Waals surface area contributed by atoms with Crippen molar-refractivity contribution in [3.8, 4) is 11.5 Å². The number of nitrogens with zero attached hydrogens (tertiary/aromatic N) is 1. The van der Waals surface area contributed by atoms with Crippen LogP contribution in [0.2, 0.25) is 0 Å². The summed E-state index contributed by atoms with van der Waals surface area (Å²) in [7, 11) is 0. The quantitative estimate of drug-likeness (QED) is 0.755. The summed E-state index contributed by atoms with van der Waals surface area (Å²) in [6.07, 6.45) is 4.70. The second kappa shape index (κ2) is 4.78. The van der Waals surface area contributed by atoms with Crippen molar-refractivity contribution >= 4 is 0 Å². The van der Waals surface area contributed by atoms with Gasteiger partial charge in [0.15, 0.2) is 0 Å². The summed E-state index contributed by atoms with van der Waals surface area (Å²) in [6.45, 7) is 3.80. The molecule has 0 spiro atoms. The molecule has 1 heterocycles. The van der Waals surface area contributed by atoms with Crippen LogP contribution in [0.4, 0.5) is 0 Å². The third kappa shape index (κ3) is 2.46. The normalized spacial score (nSPS) is 10.5. The Morgan fingerprint density at radius 3 is 2.73 bits per heavy atom. The number of aromatic nitrogens is 1. The number of hydrogen-bond donors (Lipinski definition) is 0. The van der Waals surface area contributed by atoms with Crippen molar-refractivity contribution in [3.63, 3.8) is 0 Å². The van der Waals surface area contributed by atoms with Crippen LogP contribution in [-0.2, 0) is 6.42 Å². The fourth-order valence-electron chi connectivity index (χ4n) is 1.44. The maximum atomic E-state index is 5.63. The van der Waals surface area contributed by atoms with E-state index in [0.29, 0.717) is 5.89 Å². The zero-order chi connectivity index (χ0) is 10.5. The molecule has 0 N–H and O–H groups in total. The van der Waals surface area contributed by atoms with Crippen LogP contribution in [-0.4, -0.2) is 4.98 Å². The number of unbranched alkanes of at least 4 members (excludes halogenated alkanes) is 1. The maximum absolute atomic E-state index is 5.63. The van der Waals surface area contributed by atoms with Gasteiger partial charge in [0.1, 0.15) is 5.76 Å². The van der Waals surface area contributed by atoms with Gasteiger partial charge in [-0.3, -0.25) is 0 Å². The first-order valence-electron chi connectivity index (χ1n) is 5.19. The lowest BCUT2D eigenvalue weighted by Crippen LogP contribution is -1.79. The van der Waals surface area contributed by atoms with Gasteiger partial charge in [-0.1, -0.05) is 31.5 Å². The topological polar surface area (TPSA) is 26.0 Å². The third-order valence-electron chi connectivity index (χ3n) is 2.25. The molecule has 0 bridgehead atoms. The number of benzene rings is 1. The van der Waals surface area contributed by atoms with E-state index in [1.807, 2.05) is 30.3 Å². The highest BCUT2D eigenvalue weighted by molar-refractivity contribution is 5.52. The van der Waals surface area contributed by atoms with Gasteiger partial charge in [-0.15, -0.1) is 0 Å². The summed E-state index contributed by atoms with van der Waals surface area (Å²) in [6, 6.07) is 9.94. The third-order valence-corrected chi connectivity index (χ3v) is 2.25. The molecule has 0 amide bonds. The van der Waals surface area contributed by atoms with Gasteiger partial charge < -0.3 is 4.42 Å². The molecule has 77 valence electrons. The van der Waals surface area contributed by atoms with Crippen molar-refractivity contribution in [3.05, 3.63) is 49.2 Å². The van der Waals surface area contributed by atoms with Crippen LogP contribution in [0.15, 0.2) is 40.9 Å². The Labute approximate surface area is 90.0 Å². The second-order valence-electron chi connectivity index (χ2n) is 3.45. The molecule has 2 nitrogen and oxygen atoms in total. The van der Waals surface area contributed by atoms with Crippen LogP contribution in [0.1, 0.15) is 18.6 Å². The fraction of sp³-hybridized carbons (Fsp3) is 0.231. The monoisotopic (exact) mass is 200 g/mol. The molecule has 0 aliphatic carbocycles. The van der Waals surface area contributed by atoms with Crippen LogP contribution < -0.4 is 0 Å². The molecule has 0 aliphatic heterocycles. The zero-order valence-corrected chi connectivity index (χ0v) is 8.65. The van der Waals surface area contributed by atoms with Gasteiger partial charge in [0.25, 0.3) is 0 Å². The minimum Gasteiger partial charge on any atom is -0.441 e. The molecular formula is C13H14NO. The van der Waals surface area contributed by atoms with E-state index >= 15 is 0 Å². The fourth-order valence-corrected chi connectivity index (χ4v) is 1.44. The summed E-state index contributed by atoms with van der Waals surface area (Å²) in [5.74, 6) is 1.65.